The Morgan fingerprint density at radius 3 is 1.00 bits per heavy atom. The average Bonchev–Trinajstić information content (AvgIpc) is 2.25. The molecule has 0 aliphatic rings. The molecule has 0 spiro atoms. The predicted molar refractivity (Wildman–Crippen MR) is 65.7 cm³/mol. The SMILES string of the molecule is CCCCCCCCCCCC.O=S. The zero-order valence-electron chi connectivity index (χ0n) is 9.89. The maximum atomic E-state index is 7.83. The van der Waals surface area contributed by atoms with Crippen molar-refractivity contribution in [3.63, 3.8) is 0 Å². The zero-order valence-corrected chi connectivity index (χ0v) is 10.7. The molecule has 2 heteroatoms. The molecule has 0 aromatic rings. The molecule has 0 heterocycles. The van der Waals surface area contributed by atoms with Crippen LogP contribution >= 0.6 is 0 Å². The Morgan fingerprint density at radius 2 is 0.786 bits per heavy atom. The largest absolute Gasteiger partial charge is 0.197 e. The first-order valence-corrected chi connectivity index (χ1v) is 6.41. The quantitative estimate of drug-likeness (QED) is 0.526. The zero-order chi connectivity index (χ0) is 11.1. The van der Waals surface area contributed by atoms with Gasteiger partial charge in [-0.05, 0) is 0 Å². The van der Waals surface area contributed by atoms with E-state index in [-0.39, 0.29) is 0 Å². The van der Waals surface area contributed by atoms with E-state index in [1.165, 1.54) is 64.2 Å². The normalized spacial score (nSPS) is 9.29. The molecule has 0 aliphatic heterocycles. The van der Waals surface area contributed by atoms with Gasteiger partial charge in [-0.25, -0.2) is 0 Å². The van der Waals surface area contributed by atoms with Crippen LogP contribution in [0.5, 0.6) is 0 Å². The molecule has 0 N–H and O–H groups in total. The van der Waals surface area contributed by atoms with E-state index in [0.717, 1.165) is 0 Å². The maximum absolute atomic E-state index is 7.83. The van der Waals surface area contributed by atoms with E-state index in [2.05, 4.69) is 26.4 Å². The van der Waals surface area contributed by atoms with Crippen molar-refractivity contribution in [3.05, 3.63) is 0 Å². The minimum absolute atomic E-state index is 1.37. The minimum Gasteiger partial charge on any atom is -0.197 e. The minimum atomic E-state index is 1.37. The van der Waals surface area contributed by atoms with Gasteiger partial charge in [0.1, 0.15) is 0 Å². The number of unbranched alkanes of at least 4 members (excludes halogenated alkanes) is 9. The molecule has 14 heavy (non-hydrogen) atoms. The Hall–Kier alpha value is 0.0200. The summed E-state index contributed by atoms with van der Waals surface area (Å²) in [5, 5.41) is 0. The molecule has 1 nitrogen and oxygen atoms in total. The van der Waals surface area contributed by atoms with Gasteiger partial charge in [0.05, 0.1) is 0 Å². The van der Waals surface area contributed by atoms with Crippen LogP contribution in [0.2, 0.25) is 0 Å². The van der Waals surface area contributed by atoms with Crippen LogP contribution in [0.4, 0.5) is 0 Å². The van der Waals surface area contributed by atoms with Crippen molar-refractivity contribution in [2.24, 2.45) is 0 Å². The molecule has 0 rings (SSSR count). The summed E-state index contributed by atoms with van der Waals surface area (Å²) in [5.74, 6) is 0. The lowest BCUT2D eigenvalue weighted by Crippen LogP contribution is -1.80. The fourth-order valence-corrected chi connectivity index (χ4v) is 1.56. The van der Waals surface area contributed by atoms with E-state index in [0.29, 0.717) is 0 Å². The molecule has 0 bridgehead atoms. The molecular weight excluding hydrogens is 192 g/mol. The van der Waals surface area contributed by atoms with Crippen molar-refractivity contribution < 1.29 is 4.21 Å². The van der Waals surface area contributed by atoms with Crippen LogP contribution in [0, 0.1) is 0 Å². The summed E-state index contributed by atoms with van der Waals surface area (Å²) in [7, 11) is 0. The fourth-order valence-electron chi connectivity index (χ4n) is 1.56. The molecule has 0 aliphatic carbocycles. The summed E-state index contributed by atoms with van der Waals surface area (Å²) in [5.41, 5.74) is 0. The Kier molecular flexibility index (Phi) is 22.0. The van der Waals surface area contributed by atoms with E-state index >= 15 is 0 Å². The maximum Gasteiger partial charge on any atom is 0.197 e. The van der Waals surface area contributed by atoms with E-state index < -0.39 is 0 Å². The third kappa shape index (κ3) is 17.9. The van der Waals surface area contributed by atoms with Crippen molar-refractivity contribution in [3.8, 4) is 0 Å². The molecule has 0 fully saturated rings. The highest BCUT2D eigenvalue weighted by Gasteiger charge is 1.90. The molecule has 0 aromatic heterocycles. The van der Waals surface area contributed by atoms with Gasteiger partial charge in [0, 0.05) is 0 Å². The molecular formula is C12H26OS. The van der Waals surface area contributed by atoms with E-state index in [1.54, 1.807) is 0 Å². The third-order valence-electron chi connectivity index (χ3n) is 2.46. The molecule has 0 saturated carbocycles. The van der Waals surface area contributed by atoms with Crippen LogP contribution in [-0.4, -0.2) is 4.21 Å². The average molecular weight is 218 g/mol. The van der Waals surface area contributed by atoms with Crippen molar-refractivity contribution in [2.75, 3.05) is 0 Å². The van der Waals surface area contributed by atoms with E-state index in [1.807, 2.05) is 0 Å². The monoisotopic (exact) mass is 218 g/mol. The van der Waals surface area contributed by atoms with Crippen LogP contribution in [-0.2, 0) is 12.5 Å². The highest BCUT2D eigenvalue weighted by Crippen LogP contribution is 2.09. The second kappa shape index (κ2) is 18.7. The van der Waals surface area contributed by atoms with Crippen LogP contribution < -0.4 is 0 Å². The molecule has 0 atom stereocenters. The fraction of sp³-hybridized carbons (Fsp3) is 1.00. The molecule has 0 aromatic carbocycles. The first-order valence-electron chi connectivity index (χ1n) is 6.08. The van der Waals surface area contributed by atoms with Crippen LogP contribution in [0.15, 0.2) is 0 Å². The van der Waals surface area contributed by atoms with Gasteiger partial charge >= 0.3 is 0 Å². The lowest BCUT2D eigenvalue weighted by atomic mass is 10.1. The summed E-state index contributed by atoms with van der Waals surface area (Å²) in [6.45, 7) is 4.56. The van der Waals surface area contributed by atoms with Crippen LogP contribution in [0.1, 0.15) is 78.1 Å². The smallest absolute Gasteiger partial charge is 0.197 e. The van der Waals surface area contributed by atoms with Crippen molar-refractivity contribution >= 4 is 12.5 Å². The summed E-state index contributed by atoms with van der Waals surface area (Å²) in [6.07, 6.45) is 14.4. The summed E-state index contributed by atoms with van der Waals surface area (Å²) < 4.78 is 7.83. The van der Waals surface area contributed by atoms with Gasteiger partial charge in [-0.1, -0.05) is 78.1 Å². The molecule has 0 saturated heterocycles. The molecule has 0 unspecified atom stereocenters. The van der Waals surface area contributed by atoms with Gasteiger partial charge in [-0.3, -0.25) is 0 Å². The molecule has 0 radical (unpaired) electrons. The first-order chi connectivity index (χ1) is 6.91. The Bertz CT molecular complexity index is 76.4. The Labute approximate surface area is 95.2 Å². The van der Waals surface area contributed by atoms with Gasteiger partial charge in [0.25, 0.3) is 0 Å². The highest BCUT2D eigenvalue weighted by molar-refractivity contribution is 7.44. The number of hydrogen-bond acceptors (Lipinski definition) is 2. The van der Waals surface area contributed by atoms with Crippen LogP contribution in [0.3, 0.4) is 0 Å². The highest BCUT2D eigenvalue weighted by atomic mass is 32.1. The summed E-state index contributed by atoms with van der Waals surface area (Å²) in [6, 6.07) is 0. The predicted octanol–water partition coefficient (Wildman–Crippen LogP) is 4.59. The summed E-state index contributed by atoms with van der Waals surface area (Å²) >= 11 is 2.83. The molecule has 86 valence electrons. The molecule has 0 amide bonds. The van der Waals surface area contributed by atoms with Gasteiger partial charge in [-0.15, -0.1) is 0 Å². The van der Waals surface area contributed by atoms with Gasteiger partial charge in [0.2, 0.25) is 0 Å². The van der Waals surface area contributed by atoms with Crippen LogP contribution in [0.25, 0.3) is 0 Å². The Balaban J connectivity index is 0. The first kappa shape index (κ1) is 16.4. The van der Waals surface area contributed by atoms with Gasteiger partial charge in [-0.2, -0.15) is 4.21 Å². The number of hydrogen-bond donors (Lipinski definition) is 0. The van der Waals surface area contributed by atoms with E-state index in [4.69, 9.17) is 4.21 Å². The Morgan fingerprint density at radius 1 is 0.571 bits per heavy atom. The topological polar surface area (TPSA) is 17.1 Å². The van der Waals surface area contributed by atoms with Crippen molar-refractivity contribution in [1.82, 2.24) is 0 Å². The van der Waals surface area contributed by atoms with Gasteiger partial charge < -0.3 is 0 Å². The van der Waals surface area contributed by atoms with Crippen molar-refractivity contribution in [2.45, 2.75) is 78.1 Å². The second-order valence-corrected chi connectivity index (χ2v) is 3.83. The second-order valence-electron chi connectivity index (χ2n) is 3.83. The van der Waals surface area contributed by atoms with Crippen molar-refractivity contribution in [1.29, 1.82) is 0 Å². The summed E-state index contributed by atoms with van der Waals surface area (Å²) in [4.78, 5) is 0. The lowest BCUT2D eigenvalue weighted by Gasteiger charge is -1.99. The standard InChI is InChI=1S/C12H26.OS/c1-3-5-7-9-11-12-10-8-6-4-2;1-2/h3-12H2,1-2H3;. The lowest BCUT2D eigenvalue weighted by molar-refractivity contribution is 0.562. The third-order valence-corrected chi connectivity index (χ3v) is 2.46. The van der Waals surface area contributed by atoms with E-state index in [9.17, 15) is 0 Å². The van der Waals surface area contributed by atoms with Gasteiger partial charge in [0.15, 0.2) is 12.5 Å². The number of rotatable bonds is 9.